The van der Waals surface area contributed by atoms with E-state index in [9.17, 15) is 4.79 Å². The van der Waals surface area contributed by atoms with Crippen LogP contribution in [0.5, 0.6) is 0 Å². The molecule has 0 aromatic rings. The van der Waals surface area contributed by atoms with Crippen LogP contribution in [-0.2, 0) is 9.53 Å². The molecule has 80 valence electrons. The highest BCUT2D eigenvalue weighted by molar-refractivity contribution is 6.70. The Morgan fingerprint density at radius 3 is 2.87 bits per heavy atom. The second-order valence-corrected chi connectivity index (χ2v) is 3.47. The predicted octanol–water partition coefficient (Wildman–Crippen LogP) is 2.76. The summed E-state index contributed by atoms with van der Waals surface area (Å²) in [5.74, 6) is -0.526. The van der Waals surface area contributed by atoms with Gasteiger partial charge in [-0.05, 0) is 13.0 Å². The first-order valence-corrected chi connectivity index (χ1v) is 4.99. The maximum Gasteiger partial charge on any atom is 0.341 e. The number of hydrogen-bond donors (Lipinski definition) is 0. The predicted molar refractivity (Wildman–Crippen MR) is 61.1 cm³/mol. The Kier molecular flexibility index (Phi) is 4.12. The van der Waals surface area contributed by atoms with Gasteiger partial charge in [-0.3, -0.25) is 0 Å². The van der Waals surface area contributed by atoms with Crippen LogP contribution in [-0.4, -0.2) is 17.7 Å². The molecule has 1 aliphatic heterocycles. The molecule has 0 N–H and O–H groups in total. The Bertz CT molecular complexity index is 394. The second kappa shape index (κ2) is 5.14. The third-order valence-electron chi connectivity index (χ3n) is 1.63. The molecule has 0 atom stereocenters. The molecule has 0 aromatic carbocycles. The average Bonchev–Trinajstić information content (AvgIpc) is 2.28. The minimum Gasteiger partial charge on any atom is -0.462 e. The van der Waals surface area contributed by atoms with Crippen LogP contribution in [0.2, 0.25) is 0 Å². The molecule has 1 rings (SSSR count). The van der Waals surface area contributed by atoms with Crippen LogP contribution in [0, 0.1) is 0 Å². The van der Waals surface area contributed by atoms with Crippen LogP contribution in [0.3, 0.4) is 0 Å². The molecule has 0 saturated carbocycles. The molecule has 0 bridgehead atoms. The molecule has 0 amide bonds. The zero-order valence-electron chi connectivity index (χ0n) is 8.09. The van der Waals surface area contributed by atoms with Crippen molar-refractivity contribution in [1.29, 1.82) is 0 Å². The van der Waals surface area contributed by atoms with E-state index in [4.69, 9.17) is 27.9 Å². The molecule has 0 spiro atoms. The van der Waals surface area contributed by atoms with Gasteiger partial charge in [0.25, 0.3) is 0 Å². The Morgan fingerprint density at radius 2 is 2.27 bits per heavy atom. The number of nitrogens with zero attached hydrogens (tertiary/aromatic N) is 1. The minimum atomic E-state index is -0.526. The highest BCUT2D eigenvalue weighted by atomic mass is 35.5. The summed E-state index contributed by atoms with van der Waals surface area (Å²) in [6.07, 6.45) is 2.75. The Labute approximate surface area is 97.7 Å². The van der Waals surface area contributed by atoms with Gasteiger partial charge in [0.2, 0.25) is 0 Å². The normalized spacial score (nSPS) is 16.2. The van der Waals surface area contributed by atoms with E-state index in [2.05, 4.69) is 11.6 Å². The average molecular weight is 246 g/mol. The second-order valence-electron chi connectivity index (χ2n) is 2.70. The van der Waals surface area contributed by atoms with E-state index in [0.717, 1.165) is 0 Å². The van der Waals surface area contributed by atoms with Gasteiger partial charge in [0, 0.05) is 11.8 Å². The largest absolute Gasteiger partial charge is 0.462 e. The lowest BCUT2D eigenvalue weighted by Crippen LogP contribution is -2.07. The van der Waals surface area contributed by atoms with Crippen molar-refractivity contribution < 1.29 is 9.53 Å². The number of carbonyl (C=O) groups excluding carboxylic acids is 1. The fourth-order valence-corrected chi connectivity index (χ4v) is 1.28. The molecule has 5 heteroatoms. The molecule has 0 fully saturated rings. The van der Waals surface area contributed by atoms with E-state index < -0.39 is 5.97 Å². The summed E-state index contributed by atoms with van der Waals surface area (Å²) in [4.78, 5) is 15.2. The summed E-state index contributed by atoms with van der Waals surface area (Å²) in [6, 6.07) is 0. The molecule has 0 aliphatic carbocycles. The van der Waals surface area contributed by atoms with Gasteiger partial charge in [-0.2, -0.15) is 0 Å². The number of carbonyl (C=O) groups is 1. The van der Waals surface area contributed by atoms with E-state index in [-0.39, 0.29) is 22.4 Å². The van der Waals surface area contributed by atoms with Crippen LogP contribution in [0.15, 0.2) is 40.0 Å². The molecule has 15 heavy (non-hydrogen) atoms. The summed E-state index contributed by atoms with van der Waals surface area (Å²) in [7, 11) is 0. The lowest BCUT2D eigenvalue weighted by atomic mass is 10.2. The van der Waals surface area contributed by atoms with Gasteiger partial charge in [-0.15, -0.1) is 0 Å². The van der Waals surface area contributed by atoms with Gasteiger partial charge in [-0.1, -0.05) is 29.8 Å². The van der Waals surface area contributed by atoms with E-state index in [1.54, 1.807) is 6.92 Å². The molecule has 0 aromatic heterocycles. The van der Waals surface area contributed by atoms with Crippen molar-refractivity contribution in [1.82, 2.24) is 0 Å². The van der Waals surface area contributed by atoms with E-state index in [1.165, 1.54) is 12.3 Å². The number of halogens is 2. The number of hydrogen-bond acceptors (Lipinski definition) is 3. The molecule has 0 unspecified atom stereocenters. The number of allylic oxidation sites excluding steroid dienone is 2. The molecular weight excluding hydrogens is 237 g/mol. The van der Waals surface area contributed by atoms with Crippen molar-refractivity contribution in [3.63, 3.8) is 0 Å². The van der Waals surface area contributed by atoms with Crippen LogP contribution < -0.4 is 0 Å². The summed E-state index contributed by atoms with van der Waals surface area (Å²) >= 11 is 11.6. The topological polar surface area (TPSA) is 38.7 Å². The smallest absolute Gasteiger partial charge is 0.341 e. The standard InChI is InChI=1S/C10H9Cl2NO2/c1-3-15-10(14)7-5-13-9(12)6(2)4-8(7)11/h4-5H,2-3H2,1H3. The first kappa shape index (κ1) is 12.0. The molecule has 3 nitrogen and oxygen atoms in total. The van der Waals surface area contributed by atoms with Crippen molar-refractivity contribution >= 4 is 34.3 Å². The third-order valence-corrected chi connectivity index (χ3v) is 2.28. The molecule has 1 heterocycles. The lowest BCUT2D eigenvalue weighted by Gasteiger charge is -2.03. The number of ether oxygens (including phenoxy) is 1. The molecule has 0 radical (unpaired) electrons. The van der Waals surface area contributed by atoms with E-state index in [1.807, 2.05) is 0 Å². The van der Waals surface area contributed by atoms with Gasteiger partial charge in [0.1, 0.15) is 5.17 Å². The number of rotatable bonds is 2. The third kappa shape index (κ3) is 2.94. The van der Waals surface area contributed by atoms with Gasteiger partial charge in [-0.25, -0.2) is 9.79 Å². The fourth-order valence-electron chi connectivity index (χ4n) is 0.915. The highest BCUT2D eigenvalue weighted by Gasteiger charge is 2.17. The number of esters is 1. The summed E-state index contributed by atoms with van der Waals surface area (Å²) in [5.41, 5.74) is 0.632. The summed E-state index contributed by atoms with van der Waals surface area (Å²) < 4.78 is 4.80. The van der Waals surface area contributed by atoms with Crippen molar-refractivity contribution in [3.05, 3.63) is 35.0 Å². The first-order chi connectivity index (χ1) is 7.06. The fraction of sp³-hybridized carbons (Fsp3) is 0.200. The van der Waals surface area contributed by atoms with Gasteiger partial charge in [0.15, 0.2) is 0 Å². The van der Waals surface area contributed by atoms with Crippen LogP contribution >= 0.6 is 23.2 Å². The van der Waals surface area contributed by atoms with Crippen LogP contribution in [0.4, 0.5) is 0 Å². The zero-order chi connectivity index (χ0) is 11.4. The first-order valence-electron chi connectivity index (χ1n) is 4.23. The SMILES string of the molecule is C=C1C=C(Cl)C(C(=O)OCC)=CN=C1Cl. The quantitative estimate of drug-likeness (QED) is 0.702. The summed E-state index contributed by atoms with van der Waals surface area (Å²) in [5, 5.41) is 0.422. The summed E-state index contributed by atoms with van der Waals surface area (Å²) in [6.45, 7) is 5.62. The monoisotopic (exact) mass is 245 g/mol. The van der Waals surface area contributed by atoms with Gasteiger partial charge >= 0.3 is 5.97 Å². The Morgan fingerprint density at radius 1 is 1.60 bits per heavy atom. The minimum absolute atomic E-state index is 0.176. The Balaban J connectivity index is 3.03. The lowest BCUT2D eigenvalue weighted by molar-refractivity contribution is -0.138. The maximum absolute atomic E-state index is 11.4. The van der Waals surface area contributed by atoms with Crippen LogP contribution in [0.1, 0.15) is 6.92 Å². The van der Waals surface area contributed by atoms with E-state index in [0.29, 0.717) is 5.57 Å². The van der Waals surface area contributed by atoms with Gasteiger partial charge in [0.05, 0.1) is 17.2 Å². The highest BCUT2D eigenvalue weighted by Crippen LogP contribution is 2.22. The molecule has 0 saturated heterocycles. The molecule has 1 aliphatic rings. The van der Waals surface area contributed by atoms with E-state index >= 15 is 0 Å². The van der Waals surface area contributed by atoms with Crippen molar-refractivity contribution in [2.75, 3.05) is 6.61 Å². The van der Waals surface area contributed by atoms with Crippen molar-refractivity contribution in [2.45, 2.75) is 6.92 Å². The van der Waals surface area contributed by atoms with Crippen molar-refractivity contribution in [3.8, 4) is 0 Å². The van der Waals surface area contributed by atoms with Gasteiger partial charge < -0.3 is 4.74 Å². The van der Waals surface area contributed by atoms with Crippen LogP contribution in [0.25, 0.3) is 0 Å². The zero-order valence-corrected chi connectivity index (χ0v) is 9.60. The molecular formula is C10H9Cl2NO2. The van der Waals surface area contributed by atoms with Crippen molar-refractivity contribution in [2.24, 2.45) is 4.99 Å². The number of aliphatic imine (C=N–C) groups is 1. The Hall–Kier alpha value is -1.06. The maximum atomic E-state index is 11.4.